The molecule has 1 saturated heterocycles. The van der Waals surface area contributed by atoms with E-state index in [2.05, 4.69) is 9.88 Å². The van der Waals surface area contributed by atoms with Crippen LogP contribution >= 0.6 is 24.6 Å². The molecular weight excluding hydrogens is 406 g/mol. The molecule has 0 radical (unpaired) electrons. The van der Waals surface area contributed by atoms with Crippen molar-refractivity contribution >= 4 is 24.6 Å². The maximum Gasteiger partial charge on any atom is 0.177 e. The minimum absolute atomic E-state index is 0. The Morgan fingerprint density at radius 2 is 1.74 bits per heavy atom. The van der Waals surface area contributed by atoms with Crippen LogP contribution in [-0.4, -0.2) is 40.8 Å². The van der Waals surface area contributed by atoms with E-state index in [4.69, 9.17) is 17.0 Å². The highest BCUT2D eigenvalue weighted by Crippen LogP contribution is 2.36. The van der Waals surface area contributed by atoms with Crippen molar-refractivity contribution in [3.8, 4) is 0 Å². The molecule has 27 heavy (non-hydrogen) atoms. The molecule has 0 unspecified atom stereocenters. The van der Waals surface area contributed by atoms with Gasteiger partial charge in [-0.2, -0.15) is 0 Å². The minimum Gasteiger partial charge on any atom is -0.379 e. The van der Waals surface area contributed by atoms with Gasteiger partial charge >= 0.3 is 0 Å². The van der Waals surface area contributed by atoms with Gasteiger partial charge in [0.15, 0.2) is 28.0 Å². The van der Waals surface area contributed by atoms with Crippen molar-refractivity contribution in [2.75, 3.05) is 26.3 Å². The number of aromatic amines is 1. The Bertz CT molecular complexity index is 884. The highest BCUT2D eigenvalue weighted by atomic mass is 35.5. The zero-order chi connectivity index (χ0) is 18.4. The van der Waals surface area contributed by atoms with Gasteiger partial charge in [-0.3, -0.25) is 4.90 Å². The van der Waals surface area contributed by atoms with Crippen molar-refractivity contribution in [2.45, 2.75) is 25.4 Å². The molecule has 1 aromatic heterocycles. The number of ether oxygens (including phenoxy) is 1. The highest BCUT2D eigenvalue weighted by Gasteiger charge is 2.33. The first kappa shape index (κ1) is 20.3. The summed E-state index contributed by atoms with van der Waals surface area (Å²) in [4.78, 5) is 5.34. The van der Waals surface area contributed by atoms with Gasteiger partial charge in [0.1, 0.15) is 0 Å². The zero-order valence-electron chi connectivity index (χ0n) is 14.2. The first-order chi connectivity index (χ1) is 12.5. The lowest BCUT2D eigenvalue weighted by molar-refractivity contribution is 0.0336. The number of halogens is 5. The summed E-state index contributed by atoms with van der Waals surface area (Å²) in [6.07, 6.45) is 0.267. The van der Waals surface area contributed by atoms with E-state index >= 15 is 0 Å². The molecule has 0 bridgehead atoms. The quantitative estimate of drug-likeness (QED) is 0.464. The second-order valence-electron chi connectivity index (χ2n) is 6.64. The van der Waals surface area contributed by atoms with Gasteiger partial charge in [-0.15, -0.1) is 12.4 Å². The summed E-state index contributed by atoms with van der Waals surface area (Å²) in [7, 11) is 0. The molecule has 0 aliphatic carbocycles. The summed E-state index contributed by atoms with van der Waals surface area (Å²) in [5, 5.41) is 0. The minimum atomic E-state index is -1.38. The first-order valence-corrected chi connectivity index (χ1v) is 8.80. The summed E-state index contributed by atoms with van der Waals surface area (Å²) in [5.74, 6) is -6.12. The number of hydrogen-bond donors (Lipinski definition) is 1. The SMILES string of the molecule is Cl.Fc1cc(F)c(F)c([C@H]2Cc3c(CN4CCOCC4)[nH]c(=S)n3C2)c1F. The average molecular weight is 424 g/mol. The van der Waals surface area contributed by atoms with Crippen LogP contribution in [0.1, 0.15) is 22.9 Å². The van der Waals surface area contributed by atoms with Crippen LogP contribution in [0.2, 0.25) is 0 Å². The van der Waals surface area contributed by atoms with Crippen LogP contribution in [0.25, 0.3) is 0 Å². The summed E-state index contributed by atoms with van der Waals surface area (Å²) < 4.78 is 63.0. The fourth-order valence-corrected chi connectivity index (χ4v) is 4.06. The van der Waals surface area contributed by atoms with Crippen molar-refractivity contribution in [3.63, 3.8) is 0 Å². The van der Waals surface area contributed by atoms with Crippen molar-refractivity contribution < 1.29 is 22.3 Å². The number of fused-ring (bicyclic) bond motifs is 1. The molecule has 4 nitrogen and oxygen atoms in total. The third kappa shape index (κ3) is 3.65. The number of rotatable bonds is 3. The van der Waals surface area contributed by atoms with Crippen LogP contribution in [0.3, 0.4) is 0 Å². The molecule has 1 N–H and O–H groups in total. The molecular formula is C17H18ClF4N3OS. The third-order valence-corrected chi connectivity index (χ3v) is 5.38. The van der Waals surface area contributed by atoms with E-state index in [1.165, 1.54) is 0 Å². The van der Waals surface area contributed by atoms with E-state index in [1.807, 2.05) is 0 Å². The average Bonchev–Trinajstić information content (AvgIpc) is 3.16. The number of aromatic nitrogens is 2. The van der Waals surface area contributed by atoms with Gasteiger partial charge in [-0.25, -0.2) is 17.6 Å². The van der Waals surface area contributed by atoms with E-state index in [1.54, 1.807) is 4.57 Å². The number of hydrogen-bond acceptors (Lipinski definition) is 3. The Morgan fingerprint density at radius 3 is 2.37 bits per heavy atom. The van der Waals surface area contributed by atoms with Crippen molar-refractivity contribution in [3.05, 3.63) is 51.1 Å². The van der Waals surface area contributed by atoms with Crippen molar-refractivity contribution in [1.82, 2.24) is 14.5 Å². The lowest BCUT2D eigenvalue weighted by Crippen LogP contribution is -2.36. The first-order valence-electron chi connectivity index (χ1n) is 8.39. The Labute approximate surface area is 164 Å². The highest BCUT2D eigenvalue weighted by molar-refractivity contribution is 7.71. The number of morpholine rings is 1. The maximum atomic E-state index is 14.2. The summed E-state index contributed by atoms with van der Waals surface area (Å²) >= 11 is 5.32. The smallest absolute Gasteiger partial charge is 0.177 e. The predicted molar refractivity (Wildman–Crippen MR) is 95.7 cm³/mol. The molecule has 1 fully saturated rings. The van der Waals surface area contributed by atoms with Gasteiger partial charge in [0.2, 0.25) is 0 Å². The molecule has 2 aromatic rings. The largest absolute Gasteiger partial charge is 0.379 e. The summed E-state index contributed by atoms with van der Waals surface area (Å²) in [5.41, 5.74) is 1.16. The molecule has 0 spiro atoms. The zero-order valence-corrected chi connectivity index (χ0v) is 15.9. The molecule has 1 aromatic carbocycles. The Balaban J connectivity index is 0.00000210. The Hall–Kier alpha value is -1.42. The molecule has 2 aliphatic rings. The van der Waals surface area contributed by atoms with Crippen molar-refractivity contribution in [1.29, 1.82) is 0 Å². The fraction of sp³-hybridized carbons (Fsp3) is 0.471. The van der Waals surface area contributed by atoms with Crippen LogP contribution < -0.4 is 0 Å². The number of nitrogens with one attached hydrogen (secondary N) is 1. The summed E-state index contributed by atoms with van der Waals surface area (Å²) in [6, 6.07) is 0.236. The van der Waals surface area contributed by atoms with E-state index in [0.717, 1.165) is 24.5 Å². The van der Waals surface area contributed by atoms with E-state index in [0.29, 0.717) is 24.5 Å². The molecule has 3 heterocycles. The van der Waals surface area contributed by atoms with Gasteiger partial charge < -0.3 is 14.3 Å². The van der Waals surface area contributed by atoms with Gasteiger partial charge in [-0.05, 0) is 18.6 Å². The van der Waals surface area contributed by atoms with Gasteiger partial charge in [-0.1, -0.05) is 0 Å². The monoisotopic (exact) mass is 423 g/mol. The summed E-state index contributed by atoms with van der Waals surface area (Å²) in [6.45, 7) is 3.67. The lowest BCUT2D eigenvalue weighted by Gasteiger charge is -2.26. The topological polar surface area (TPSA) is 33.2 Å². The molecule has 1 atom stereocenters. The fourth-order valence-electron chi connectivity index (χ4n) is 3.76. The lowest BCUT2D eigenvalue weighted by atomic mass is 9.95. The van der Waals surface area contributed by atoms with Gasteiger partial charge in [0.25, 0.3) is 0 Å². The second-order valence-corrected chi connectivity index (χ2v) is 7.02. The molecule has 4 rings (SSSR count). The van der Waals surface area contributed by atoms with E-state index < -0.39 is 34.8 Å². The molecule has 0 amide bonds. The molecule has 10 heteroatoms. The number of benzene rings is 1. The van der Waals surface area contributed by atoms with Crippen LogP contribution in [0, 0.1) is 28.0 Å². The number of H-pyrrole nitrogens is 1. The van der Waals surface area contributed by atoms with E-state index in [9.17, 15) is 17.6 Å². The maximum absolute atomic E-state index is 14.2. The van der Waals surface area contributed by atoms with Crippen LogP contribution in [0.4, 0.5) is 17.6 Å². The van der Waals surface area contributed by atoms with Crippen molar-refractivity contribution in [2.24, 2.45) is 0 Å². The second kappa shape index (κ2) is 7.90. The number of nitrogens with zero attached hydrogens (tertiary/aromatic N) is 2. The molecule has 148 valence electrons. The Kier molecular flexibility index (Phi) is 5.95. The van der Waals surface area contributed by atoms with E-state index in [-0.39, 0.29) is 31.4 Å². The van der Waals surface area contributed by atoms with Crippen LogP contribution in [0.15, 0.2) is 6.07 Å². The van der Waals surface area contributed by atoms with Gasteiger partial charge in [0, 0.05) is 49.4 Å². The third-order valence-electron chi connectivity index (χ3n) is 5.06. The van der Waals surface area contributed by atoms with Crippen LogP contribution in [0.5, 0.6) is 0 Å². The van der Waals surface area contributed by atoms with Gasteiger partial charge in [0.05, 0.1) is 18.9 Å². The van der Waals surface area contributed by atoms with Crippen LogP contribution in [-0.2, 0) is 24.2 Å². The normalized spacial score (nSPS) is 19.8. The molecule has 2 aliphatic heterocycles. The Morgan fingerprint density at radius 1 is 1.11 bits per heavy atom. The standard InChI is InChI=1S/C17H17F4N3OS.ClH/c18-10-6-11(19)16(21)14(15(10)20)9-5-13-12(22-17(26)24(13)7-9)8-23-1-3-25-4-2-23;/h6,9H,1-5,7-8H2,(H,22,26);1H/t9-;/m0./s1. The number of imidazole rings is 1. The predicted octanol–water partition coefficient (Wildman–Crippen LogP) is 3.70. The molecule has 0 saturated carbocycles.